The Hall–Kier alpha value is -1.02. The Morgan fingerprint density at radius 1 is 1.46 bits per heavy atom. The lowest BCUT2D eigenvalue weighted by atomic mass is 10.0. The van der Waals surface area contributed by atoms with E-state index >= 15 is 0 Å². The molecule has 1 aromatic rings. The average molecular weight is 177 g/mol. The summed E-state index contributed by atoms with van der Waals surface area (Å²) in [5.74, 6) is 1.01. The van der Waals surface area contributed by atoms with Crippen LogP contribution in [0, 0.1) is 6.92 Å². The summed E-state index contributed by atoms with van der Waals surface area (Å²) in [6.45, 7) is 2.86. The van der Waals surface area contributed by atoms with Gasteiger partial charge in [-0.2, -0.15) is 0 Å². The SMILES string of the molecule is Cc1cccc2c1OCCC[C@H]2N. The van der Waals surface area contributed by atoms with Crippen LogP contribution in [-0.2, 0) is 0 Å². The Kier molecular flexibility index (Phi) is 2.23. The molecule has 1 aromatic carbocycles. The second-order valence-electron chi connectivity index (χ2n) is 3.59. The zero-order valence-electron chi connectivity index (χ0n) is 7.92. The monoisotopic (exact) mass is 177 g/mol. The minimum atomic E-state index is 0.150. The number of nitrogens with two attached hydrogens (primary N) is 1. The summed E-state index contributed by atoms with van der Waals surface area (Å²) in [5, 5.41) is 0. The van der Waals surface area contributed by atoms with Gasteiger partial charge in [-0.05, 0) is 25.3 Å². The van der Waals surface area contributed by atoms with Gasteiger partial charge in [0.1, 0.15) is 5.75 Å². The summed E-state index contributed by atoms with van der Waals surface area (Å²) in [4.78, 5) is 0. The Morgan fingerprint density at radius 2 is 2.31 bits per heavy atom. The zero-order chi connectivity index (χ0) is 9.26. The van der Waals surface area contributed by atoms with Crippen LogP contribution in [0.4, 0.5) is 0 Å². The van der Waals surface area contributed by atoms with E-state index in [1.54, 1.807) is 0 Å². The third kappa shape index (κ3) is 1.54. The highest BCUT2D eigenvalue weighted by atomic mass is 16.5. The highest BCUT2D eigenvalue weighted by molar-refractivity contribution is 5.42. The van der Waals surface area contributed by atoms with Crippen molar-refractivity contribution >= 4 is 0 Å². The molecule has 2 heteroatoms. The topological polar surface area (TPSA) is 35.2 Å². The van der Waals surface area contributed by atoms with E-state index in [1.165, 1.54) is 5.56 Å². The van der Waals surface area contributed by atoms with Crippen LogP contribution in [-0.4, -0.2) is 6.61 Å². The Bertz CT molecular complexity index is 309. The lowest BCUT2D eigenvalue weighted by Crippen LogP contribution is -2.09. The van der Waals surface area contributed by atoms with Crippen molar-refractivity contribution in [2.24, 2.45) is 5.73 Å². The van der Waals surface area contributed by atoms with E-state index in [0.717, 1.165) is 30.8 Å². The van der Waals surface area contributed by atoms with Gasteiger partial charge < -0.3 is 10.5 Å². The molecule has 0 aliphatic carbocycles. The van der Waals surface area contributed by atoms with Crippen molar-refractivity contribution in [1.29, 1.82) is 0 Å². The number of hydrogen-bond donors (Lipinski definition) is 1. The molecule has 2 nitrogen and oxygen atoms in total. The van der Waals surface area contributed by atoms with Crippen molar-refractivity contribution in [3.63, 3.8) is 0 Å². The molecule has 2 rings (SSSR count). The first-order chi connectivity index (χ1) is 6.29. The first kappa shape index (κ1) is 8.57. The van der Waals surface area contributed by atoms with Gasteiger partial charge >= 0.3 is 0 Å². The van der Waals surface area contributed by atoms with Crippen LogP contribution < -0.4 is 10.5 Å². The molecule has 0 bridgehead atoms. The molecule has 0 saturated carbocycles. The quantitative estimate of drug-likeness (QED) is 0.659. The zero-order valence-corrected chi connectivity index (χ0v) is 7.92. The average Bonchev–Trinajstić information content (AvgIpc) is 2.30. The van der Waals surface area contributed by atoms with Crippen molar-refractivity contribution in [2.75, 3.05) is 6.61 Å². The Morgan fingerprint density at radius 3 is 3.15 bits per heavy atom. The highest BCUT2D eigenvalue weighted by Gasteiger charge is 2.16. The normalized spacial score (nSPS) is 21.5. The van der Waals surface area contributed by atoms with E-state index in [4.69, 9.17) is 10.5 Å². The molecule has 0 amide bonds. The molecule has 0 unspecified atom stereocenters. The molecule has 1 aliphatic heterocycles. The molecule has 0 fully saturated rings. The maximum absolute atomic E-state index is 6.04. The number of aryl methyl sites for hydroxylation is 1. The standard InChI is InChI=1S/C11H15NO/c1-8-4-2-5-9-10(12)6-3-7-13-11(8)9/h2,4-5,10H,3,6-7,12H2,1H3/t10-/m1/s1. The fourth-order valence-corrected chi connectivity index (χ4v) is 1.80. The summed E-state index contributed by atoms with van der Waals surface area (Å²) < 4.78 is 5.67. The molecular weight excluding hydrogens is 162 g/mol. The highest BCUT2D eigenvalue weighted by Crippen LogP contribution is 2.32. The Labute approximate surface area is 78.7 Å². The van der Waals surface area contributed by atoms with Crippen molar-refractivity contribution in [2.45, 2.75) is 25.8 Å². The maximum Gasteiger partial charge on any atom is 0.126 e. The lowest BCUT2D eigenvalue weighted by Gasteiger charge is -2.13. The summed E-state index contributed by atoms with van der Waals surface area (Å²) in [7, 11) is 0. The van der Waals surface area contributed by atoms with Crippen LogP contribution in [0.1, 0.15) is 30.0 Å². The minimum absolute atomic E-state index is 0.150. The van der Waals surface area contributed by atoms with Gasteiger partial charge in [-0.25, -0.2) is 0 Å². The van der Waals surface area contributed by atoms with Crippen LogP contribution in [0.25, 0.3) is 0 Å². The summed E-state index contributed by atoms with van der Waals surface area (Å²) >= 11 is 0. The van der Waals surface area contributed by atoms with Gasteiger partial charge in [0.05, 0.1) is 6.61 Å². The first-order valence-electron chi connectivity index (χ1n) is 4.77. The van der Waals surface area contributed by atoms with Gasteiger partial charge in [-0.1, -0.05) is 18.2 Å². The van der Waals surface area contributed by atoms with Crippen LogP contribution >= 0.6 is 0 Å². The fourth-order valence-electron chi connectivity index (χ4n) is 1.80. The second-order valence-corrected chi connectivity index (χ2v) is 3.59. The molecule has 0 aromatic heterocycles. The number of para-hydroxylation sites is 1. The third-order valence-electron chi connectivity index (χ3n) is 2.55. The van der Waals surface area contributed by atoms with E-state index in [-0.39, 0.29) is 6.04 Å². The molecule has 0 radical (unpaired) electrons. The van der Waals surface area contributed by atoms with Crippen LogP contribution in [0.5, 0.6) is 5.75 Å². The Balaban J connectivity index is 2.47. The molecular formula is C11H15NO. The van der Waals surface area contributed by atoms with Gasteiger partial charge in [-0.3, -0.25) is 0 Å². The van der Waals surface area contributed by atoms with Crippen molar-refractivity contribution in [3.8, 4) is 5.75 Å². The van der Waals surface area contributed by atoms with Gasteiger partial charge in [0.15, 0.2) is 0 Å². The summed E-state index contributed by atoms with van der Waals surface area (Å²) in [6, 6.07) is 6.33. The molecule has 2 N–H and O–H groups in total. The van der Waals surface area contributed by atoms with Crippen molar-refractivity contribution in [1.82, 2.24) is 0 Å². The van der Waals surface area contributed by atoms with Crippen LogP contribution in [0.15, 0.2) is 18.2 Å². The number of rotatable bonds is 0. The molecule has 13 heavy (non-hydrogen) atoms. The number of hydrogen-bond acceptors (Lipinski definition) is 2. The maximum atomic E-state index is 6.04. The molecule has 1 aliphatic rings. The molecule has 1 atom stereocenters. The van der Waals surface area contributed by atoms with Gasteiger partial charge in [0.2, 0.25) is 0 Å². The second kappa shape index (κ2) is 3.38. The van der Waals surface area contributed by atoms with E-state index in [0.29, 0.717) is 0 Å². The van der Waals surface area contributed by atoms with Gasteiger partial charge in [0, 0.05) is 11.6 Å². The predicted molar refractivity (Wildman–Crippen MR) is 52.8 cm³/mol. The van der Waals surface area contributed by atoms with E-state index in [2.05, 4.69) is 19.1 Å². The van der Waals surface area contributed by atoms with Crippen molar-refractivity contribution < 1.29 is 4.74 Å². The molecule has 1 heterocycles. The first-order valence-corrected chi connectivity index (χ1v) is 4.77. The number of benzene rings is 1. The third-order valence-corrected chi connectivity index (χ3v) is 2.55. The fraction of sp³-hybridized carbons (Fsp3) is 0.455. The smallest absolute Gasteiger partial charge is 0.126 e. The number of ether oxygens (including phenoxy) is 1. The largest absolute Gasteiger partial charge is 0.493 e. The van der Waals surface area contributed by atoms with E-state index < -0.39 is 0 Å². The number of fused-ring (bicyclic) bond motifs is 1. The van der Waals surface area contributed by atoms with Gasteiger partial charge in [-0.15, -0.1) is 0 Å². The lowest BCUT2D eigenvalue weighted by molar-refractivity contribution is 0.314. The molecule has 0 saturated heterocycles. The van der Waals surface area contributed by atoms with E-state index in [9.17, 15) is 0 Å². The van der Waals surface area contributed by atoms with Crippen LogP contribution in [0.3, 0.4) is 0 Å². The van der Waals surface area contributed by atoms with Gasteiger partial charge in [0.25, 0.3) is 0 Å². The minimum Gasteiger partial charge on any atom is -0.493 e. The summed E-state index contributed by atoms with van der Waals surface area (Å²) in [5.41, 5.74) is 8.39. The molecule has 0 spiro atoms. The molecule has 70 valence electrons. The van der Waals surface area contributed by atoms with Crippen LogP contribution in [0.2, 0.25) is 0 Å². The van der Waals surface area contributed by atoms with Crippen molar-refractivity contribution in [3.05, 3.63) is 29.3 Å². The summed E-state index contributed by atoms with van der Waals surface area (Å²) in [6.07, 6.45) is 2.08. The predicted octanol–water partition coefficient (Wildman–Crippen LogP) is 2.17. The van der Waals surface area contributed by atoms with E-state index in [1.807, 2.05) is 6.07 Å².